The van der Waals surface area contributed by atoms with E-state index in [9.17, 15) is 4.79 Å². The zero-order valence-electron chi connectivity index (χ0n) is 14.9. The van der Waals surface area contributed by atoms with Crippen molar-refractivity contribution in [2.24, 2.45) is 0 Å². The van der Waals surface area contributed by atoms with E-state index in [2.05, 4.69) is 20.4 Å². The number of likely N-dealkylation sites (tertiary alicyclic amines) is 1. The van der Waals surface area contributed by atoms with Gasteiger partial charge in [0.1, 0.15) is 0 Å². The van der Waals surface area contributed by atoms with Crippen molar-refractivity contribution >= 4 is 5.91 Å². The first-order valence-electron chi connectivity index (χ1n) is 8.98. The van der Waals surface area contributed by atoms with Crippen molar-refractivity contribution in [1.82, 2.24) is 20.4 Å². The topological polar surface area (TPSA) is 71.3 Å². The maximum Gasteiger partial charge on any atom is 0.234 e. The van der Waals surface area contributed by atoms with Gasteiger partial charge in [-0.1, -0.05) is 44.2 Å². The number of carbonyl (C=O) groups is 1. The lowest BCUT2D eigenvalue weighted by Gasteiger charge is -2.29. The average molecular weight is 342 g/mol. The van der Waals surface area contributed by atoms with E-state index in [4.69, 9.17) is 4.42 Å². The Hall–Kier alpha value is -2.21. The van der Waals surface area contributed by atoms with E-state index in [-0.39, 0.29) is 11.8 Å². The van der Waals surface area contributed by atoms with Crippen molar-refractivity contribution in [2.75, 3.05) is 19.6 Å². The fourth-order valence-corrected chi connectivity index (χ4v) is 3.04. The lowest BCUT2D eigenvalue weighted by Crippen LogP contribution is -2.41. The molecule has 0 radical (unpaired) electrons. The number of nitrogens with zero attached hydrogens (tertiary/aromatic N) is 3. The zero-order chi connectivity index (χ0) is 17.6. The number of hydrogen-bond donors (Lipinski definition) is 1. The Morgan fingerprint density at radius 3 is 2.60 bits per heavy atom. The highest BCUT2D eigenvalue weighted by atomic mass is 16.4. The first kappa shape index (κ1) is 17.6. The van der Waals surface area contributed by atoms with Crippen molar-refractivity contribution in [3.63, 3.8) is 0 Å². The van der Waals surface area contributed by atoms with Crippen molar-refractivity contribution < 1.29 is 9.21 Å². The molecule has 25 heavy (non-hydrogen) atoms. The van der Waals surface area contributed by atoms with E-state index < -0.39 is 0 Å². The number of aromatic nitrogens is 2. The van der Waals surface area contributed by atoms with Crippen LogP contribution in [0, 0.1) is 0 Å². The third-order valence-corrected chi connectivity index (χ3v) is 4.59. The molecule has 2 heterocycles. The van der Waals surface area contributed by atoms with Crippen LogP contribution in [0.1, 0.15) is 55.9 Å². The molecule has 6 heteroatoms. The molecule has 134 valence electrons. The molecule has 6 nitrogen and oxygen atoms in total. The zero-order valence-corrected chi connectivity index (χ0v) is 14.9. The molecule has 0 atom stereocenters. The number of hydrogen-bond acceptors (Lipinski definition) is 5. The predicted octanol–water partition coefficient (Wildman–Crippen LogP) is 2.69. The molecule has 1 aliphatic rings. The molecule has 3 rings (SSSR count). The van der Waals surface area contributed by atoms with Gasteiger partial charge in [0, 0.05) is 18.4 Å². The van der Waals surface area contributed by atoms with Gasteiger partial charge >= 0.3 is 0 Å². The summed E-state index contributed by atoms with van der Waals surface area (Å²) < 4.78 is 5.77. The van der Waals surface area contributed by atoms with Crippen LogP contribution in [0.5, 0.6) is 0 Å². The van der Waals surface area contributed by atoms with E-state index in [1.807, 2.05) is 44.2 Å². The summed E-state index contributed by atoms with van der Waals surface area (Å²) in [6, 6.07) is 9.97. The third kappa shape index (κ3) is 4.89. The summed E-state index contributed by atoms with van der Waals surface area (Å²) in [5, 5.41) is 11.3. The summed E-state index contributed by atoms with van der Waals surface area (Å²) in [6.45, 7) is 6.88. The van der Waals surface area contributed by atoms with E-state index in [0.717, 1.165) is 37.4 Å². The number of amides is 1. The van der Waals surface area contributed by atoms with Crippen LogP contribution >= 0.6 is 0 Å². The molecule has 0 unspecified atom stereocenters. The Morgan fingerprint density at radius 2 is 1.96 bits per heavy atom. The van der Waals surface area contributed by atoms with Crippen LogP contribution < -0.4 is 5.32 Å². The summed E-state index contributed by atoms with van der Waals surface area (Å²) in [6.07, 6.45) is 1.90. The number of rotatable bonds is 6. The second-order valence-corrected chi connectivity index (χ2v) is 6.95. The molecule has 0 aliphatic carbocycles. The fraction of sp³-hybridized carbons (Fsp3) is 0.526. The molecule has 0 spiro atoms. The maximum absolute atomic E-state index is 12.1. The fourth-order valence-electron chi connectivity index (χ4n) is 3.04. The summed E-state index contributed by atoms with van der Waals surface area (Å²) in [5.74, 6) is 2.09. The van der Waals surface area contributed by atoms with Gasteiger partial charge in [0.25, 0.3) is 0 Å². The van der Waals surface area contributed by atoms with E-state index >= 15 is 0 Å². The Kier molecular flexibility index (Phi) is 5.81. The highest BCUT2D eigenvalue weighted by Gasteiger charge is 2.26. The molecular formula is C19H26N4O2. The molecule has 1 aromatic carbocycles. The standard InChI is InChI=1S/C19H26N4O2/c1-14(2)18-21-22-19(25-18)16-8-10-23(11-9-16)13-17(24)20-12-15-6-4-3-5-7-15/h3-7,14,16H,8-13H2,1-2H3,(H,20,24). The normalized spacial score (nSPS) is 16.3. The lowest BCUT2D eigenvalue weighted by molar-refractivity contribution is -0.122. The number of nitrogens with one attached hydrogen (secondary N) is 1. The summed E-state index contributed by atoms with van der Waals surface area (Å²) in [7, 11) is 0. The molecule has 1 amide bonds. The number of benzene rings is 1. The Morgan fingerprint density at radius 1 is 1.24 bits per heavy atom. The first-order chi connectivity index (χ1) is 12.1. The largest absolute Gasteiger partial charge is 0.425 e. The minimum atomic E-state index is 0.0715. The van der Waals surface area contributed by atoms with E-state index in [0.29, 0.717) is 24.9 Å². The van der Waals surface area contributed by atoms with Crippen molar-refractivity contribution in [1.29, 1.82) is 0 Å². The van der Waals surface area contributed by atoms with Crippen molar-refractivity contribution in [3.05, 3.63) is 47.7 Å². The van der Waals surface area contributed by atoms with Crippen molar-refractivity contribution in [2.45, 2.75) is 45.1 Å². The van der Waals surface area contributed by atoms with Crippen LogP contribution in [0.25, 0.3) is 0 Å². The van der Waals surface area contributed by atoms with Gasteiger partial charge in [0.2, 0.25) is 17.7 Å². The molecule has 1 fully saturated rings. The third-order valence-electron chi connectivity index (χ3n) is 4.59. The van der Waals surface area contributed by atoms with Gasteiger partial charge in [-0.2, -0.15) is 0 Å². The Balaban J connectivity index is 1.42. The van der Waals surface area contributed by atoms with Gasteiger partial charge in [0.15, 0.2) is 0 Å². The van der Waals surface area contributed by atoms with Gasteiger partial charge in [-0.15, -0.1) is 10.2 Å². The quantitative estimate of drug-likeness (QED) is 0.874. The molecule has 2 aromatic rings. The summed E-state index contributed by atoms with van der Waals surface area (Å²) in [5.41, 5.74) is 1.12. The predicted molar refractivity (Wildman–Crippen MR) is 95.1 cm³/mol. The monoisotopic (exact) mass is 342 g/mol. The molecule has 0 bridgehead atoms. The minimum Gasteiger partial charge on any atom is -0.425 e. The maximum atomic E-state index is 12.1. The summed E-state index contributed by atoms with van der Waals surface area (Å²) in [4.78, 5) is 14.3. The Labute approximate surface area is 148 Å². The molecule has 1 aliphatic heterocycles. The number of piperidine rings is 1. The Bertz CT molecular complexity index is 676. The van der Waals surface area contributed by atoms with Gasteiger partial charge in [0.05, 0.1) is 6.54 Å². The minimum absolute atomic E-state index is 0.0715. The highest BCUT2D eigenvalue weighted by molar-refractivity contribution is 5.78. The highest BCUT2D eigenvalue weighted by Crippen LogP contribution is 2.28. The second-order valence-electron chi connectivity index (χ2n) is 6.95. The van der Waals surface area contributed by atoms with Gasteiger partial charge in [-0.25, -0.2) is 0 Å². The SMILES string of the molecule is CC(C)c1nnc(C2CCN(CC(=O)NCc3ccccc3)CC2)o1. The molecular weight excluding hydrogens is 316 g/mol. The van der Waals surface area contributed by atoms with Crippen LogP contribution in [-0.2, 0) is 11.3 Å². The van der Waals surface area contributed by atoms with Gasteiger partial charge in [-0.05, 0) is 31.5 Å². The van der Waals surface area contributed by atoms with Crippen LogP contribution in [0.15, 0.2) is 34.7 Å². The van der Waals surface area contributed by atoms with Gasteiger partial charge < -0.3 is 9.73 Å². The first-order valence-corrected chi connectivity index (χ1v) is 8.98. The smallest absolute Gasteiger partial charge is 0.234 e. The van der Waals surface area contributed by atoms with E-state index in [1.165, 1.54) is 0 Å². The van der Waals surface area contributed by atoms with Gasteiger partial charge in [-0.3, -0.25) is 9.69 Å². The van der Waals surface area contributed by atoms with Crippen LogP contribution in [0.4, 0.5) is 0 Å². The molecule has 0 saturated carbocycles. The van der Waals surface area contributed by atoms with E-state index in [1.54, 1.807) is 0 Å². The molecule has 1 aromatic heterocycles. The van der Waals surface area contributed by atoms with Crippen LogP contribution in [-0.4, -0.2) is 40.6 Å². The van der Waals surface area contributed by atoms with Crippen LogP contribution in [0.2, 0.25) is 0 Å². The van der Waals surface area contributed by atoms with Crippen LogP contribution in [0.3, 0.4) is 0 Å². The molecule has 1 saturated heterocycles. The summed E-state index contributed by atoms with van der Waals surface area (Å²) >= 11 is 0. The average Bonchev–Trinajstić information content (AvgIpc) is 3.12. The van der Waals surface area contributed by atoms with Crippen molar-refractivity contribution in [3.8, 4) is 0 Å². The number of carbonyl (C=O) groups excluding carboxylic acids is 1. The lowest BCUT2D eigenvalue weighted by atomic mass is 9.97. The molecule has 1 N–H and O–H groups in total. The second kappa shape index (κ2) is 8.25.